The predicted molar refractivity (Wildman–Crippen MR) is 87.5 cm³/mol. The van der Waals surface area contributed by atoms with E-state index < -0.39 is 0 Å². The molecule has 0 radical (unpaired) electrons. The normalized spacial score (nSPS) is 15.8. The van der Waals surface area contributed by atoms with Gasteiger partial charge in [0.25, 0.3) is 0 Å². The second-order valence-corrected chi connectivity index (χ2v) is 5.43. The van der Waals surface area contributed by atoms with E-state index in [1.165, 1.54) is 0 Å². The summed E-state index contributed by atoms with van der Waals surface area (Å²) < 4.78 is 11.5. The van der Waals surface area contributed by atoms with Crippen LogP contribution < -0.4 is 9.47 Å². The molecule has 2 aromatic carbocycles. The molecular formula is C19H16N2O2. The number of fused-ring (bicyclic) bond motifs is 1. The molecule has 2 heterocycles. The summed E-state index contributed by atoms with van der Waals surface area (Å²) in [5, 5.41) is 0. The van der Waals surface area contributed by atoms with Gasteiger partial charge in [0, 0.05) is 12.0 Å². The highest BCUT2D eigenvalue weighted by Gasteiger charge is 2.30. The molecule has 0 amide bonds. The van der Waals surface area contributed by atoms with E-state index in [-0.39, 0.29) is 6.10 Å². The molecule has 0 saturated heterocycles. The van der Waals surface area contributed by atoms with Crippen LogP contribution in [0.3, 0.4) is 0 Å². The molecule has 114 valence electrons. The van der Waals surface area contributed by atoms with Crippen molar-refractivity contribution in [2.24, 2.45) is 0 Å². The van der Waals surface area contributed by atoms with Crippen molar-refractivity contribution in [3.63, 3.8) is 0 Å². The summed E-state index contributed by atoms with van der Waals surface area (Å²) in [6.45, 7) is 0. The van der Waals surface area contributed by atoms with Gasteiger partial charge in [-0.25, -0.2) is 0 Å². The molecule has 4 nitrogen and oxygen atoms in total. The average Bonchev–Trinajstić information content (AvgIpc) is 3.06. The minimum absolute atomic E-state index is 0.0413. The summed E-state index contributed by atoms with van der Waals surface area (Å²) in [7, 11) is 1.63. The van der Waals surface area contributed by atoms with Crippen LogP contribution in [0.2, 0.25) is 0 Å². The van der Waals surface area contributed by atoms with Gasteiger partial charge in [0.2, 0.25) is 11.8 Å². The quantitative estimate of drug-likeness (QED) is 0.737. The fourth-order valence-electron chi connectivity index (χ4n) is 2.82. The Morgan fingerprint density at radius 3 is 2.35 bits per heavy atom. The second kappa shape index (κ2) is 5.72. The van der Waals surface area contributed by atoms with Crippen molar-refractivity contribution in [3.8, 4) is 23.1 Å². The largest absolute Gasteiger partial charge is 0.481 e. The van der Waals surface area contributed by atoms with Gasteiger partial charge in [-0.2, -0.15) is 9.97 Å². The zero-order chi connectivity index (χ0) is 15.6. The lowest BCUT2D eigenvalue weighted by atomic mass is 10.0. The van der Waals surface area contributed by atoms with E-state index in [0.717, 1.165) is 23.1 Å². The van der Waals surface area contributed by atoms with Crippen molar-refractivity contribution in [3.05, 3.63) is 71.8 Å². The molecule has 3 aromatic rings. The van der Waals surface area contributed by atoms with E-state index in [9.17, 15) is 0 Å². The number of aromatic nitrogens is 2. The van der Waals surface area contributed by atoms with Gasteiger partial charge in [-0.15, -0.1) is 0 Å². The standard InChI is InChI=1S/C19H16N2O2/c1-22-18-15-12-16(13-8-4-2-5-9-13)23-19(15)21-17(20-18)14-10-6-3-7-11-14/h2-11,16H,12H2,1H3. The van der Waals surface area contributed by atoms with Crippen molar-refractivity contribution in [1.82, 2.24) is 9.97 Å². The van der Waals surface area contributed by atoms with Crippen molar-refractivity contribution < 1.29 is 9.47 Å². The molecule has 0 bridgehead atoms. The fourth-order valence-corrected chi connectivity index (χ4v) is 2.82. The molecule has 4 rings (SSSR count). The van der Waals surface area contributed by atoms with Crippen LogP contribution >= 0.6 is 0 Å². The molecule has 1 unspecified atom stereocenters. The maximum Gasteiger partial charge on any atom is 0.224 e. The summed E-state index contributed by atoms with van der Waals surface area (Å²) in [5.41, 5.74) is 3.01. The van der Waals surface area contributed by atoms with Crippen molar-refractivity contribution in [1.29, 1.82) is 0 Å². The van der Waals surface area contributed by atoms with Crippen LogP contribution in [0.5, 0.6) is 11.8 Å². The van der Waals surface area contributed by atoms with Gasteiger partial charge >= 0.3 is 0 Å². The zero-order valence-electron chi connectivity index (χ0n) is 12.8. The smallest absolute Gasteiger partial charge is 0.224 e. The first-order valence-electron chi connectivity index (χ1n) is 7.57. The van der Waals surface area contributed by atoms with E-state index in [4.69, 9.17) is 9.47 Å². The van der Waals surface area contributed by atoms with Crippen molar-refractivity contribution in [2.45, 2.75) is 12.5 Å². The van der Waals surface area contributed by atoms with Crippen LogP contribution in [0.15, 0.2) is 60.7 Å². The molecule has 4 heteroatoms. The fraction of sp³-hybridized carbons (Fsp3) is 0.158. The molecule has 1 aromatic heterocycles. The van der Waals surface area contributed by atoms with E-state index >= 15 is 0 Å². The van der Waals surface area contributed by atoms with E-state index in [1.54, 1.807) is 7.11 Å². The molecule has 1 aliphatic rings. The summed E-state index contributed by atoms with van der Waals surface area (Å²) >= 11 is 0. The van der Waals surface area contributed by atoms with Gasteiger partial charge in [0.15, 0.2) is 5.82 Å². The lowest BCUT2D eigenvalue weighted by Crippen LogP contribution is -2.02. The number of hydrogen-bond acceptors (Lipinski definition) is 4. The summed E-state index contributed by atoms with van der Waals surface area (Å²) in [4.78, 5) is 9.14. The Hall–Kier alpha value is -2.88. The Bertz CT molecular complexity index is 820. The summed E-state index contributed by atoms with van der Waals surface area (Å²) in [6.07, 6.45) is 0.679. The molecule has 23 heavy (non-hydrogen) atoms. The summed E-state index contributed by atoms with van der Waals surface area (Å²) in [5.74, 6) is 1.83. The maximum absolute atomic E-state index is 6.07. The SMILES string of the molecule is COc1nc(-c2ccccc2)nc2c1CC(c1ccccc1)O2. The number of ether oxygens (including phenoxy) is 2. The molecule has 0 spiro atoms. The van der Waals surface area contributed by atoms with Crippen LogP contribution in [0.25, 0.3) is 11.4 Å². The Kier molecular flexibility index (Phi) is 3.42. The Labute approximate surface area is 134 Å². The third kappa shape index (κ3) is 2.52. The van der Waals surface area contributed by atoms with Gasteiger partial charge in [0.1, 0.15) is 6.10 Å². The number of methoxy groups -OCH3 is 1. The molecular weight excluding hydrogens is 288 g/mol. The Morgan fingerprint density at radius 1 is 0.957 bits per heavy atom. The first-order chi connectivity index (χ1) is 11.3. The van der Waals surface area contributed by atoms with Crippen LogP contribution in [0.1, 0.15) is 17.2 Å². The minimum Gasteiger partial charge on any atom is -0.481 e. The van der Waals surface area contributed by atoms with Crippen LogP contribution in [0, 0.1) is 0 Å². The molecule has 0 saturated carbocycles. The number of benzene rings is 2. The minimum atomic E-state index is -0.0413. The first kappa shape index (κ1) is 13.8. The molecule has 0 fully saturated rings. The summed E-state index contributed by atoms with van der Waals surface area (Å²) in [6, 6.07) is 20.0. The van der Waals surface area contributed by atoms with Gasteiger partial charge < -0.3 is 9.47 Å². The van der Waals surface area contributed by atoms with Crippen molar-refractivity contribution in [2.75, 3.05) is 7.11 Å². The highest BCUT2D eigenvalue weighted by molar-refractivity contribution is 5.58. The van der Waals surface area contributed by atoms with E-state index in [2.05, 4.69) is 22.1 Å². The number of nitrogens with zero attached hydrogens (tertiary/aromatic N) is 2. The topological polar surface area (TPSA) is 44.2 Å². The number of hydrogen-bond donors (Lipinski definition) is 0. The molecule has 1 aliphatic heterocycles. The van der Waals surface area contributed by atoms with Gasteiger partial charge in [-0.3, -0.25) is 0 Å². The monoisotopic (exact) mass is 304 g/mol. The third-order valence-corrected chi connectivity index (χ3v) is 3.97. The number of rotatable bonds is 3. The van der Waals surface area contributed by atoms with Crippen LogP contribution in [-0.2, 0) is 6.42 Å². The average molecular weight is 304 g/mol. The van der Waals surface area contributed by atoms with Crippen molar-refractivity contribution >= 4 is 0 Å². The lowest BCUT2D eigenvalue weighted by Gasteiger charge is -2.09. The maximum atomic E-state index is 6.07. The third-order valence-electron chi connectivity index (χ3n) is 3.97. The van der Waals surface area contributed by atoms with Crippen LogP contribution in [-0.4, -0.2) is 17.1 Å². The second-order valence-electron chi connectivity index (χ2n) is 5.43. The zero-order valence-corrected chi connectivity index (χ0v) is 12.8. The van der Waals surface area contributed by atoms with E-state index in [0.29, 0.717) is 17.6 Å². The van der Waals surface area contributed by atoms with Gasteiger partial charge in [-0.05, 0) is 5.56 Å². The van der Waals surface area contributed by atoms with Gasteiger partial charge in [-0.1, -0.05) is 60.7 Å². The van der Waals surface area contributed by atoms with E-state index in [1.807, 2.05) is 48.5 Å². The highest BCUT2D eigenvalue weighted by Crippen LogP contribution is 2.40. The first-order valence-corrected chi connectivity index (χ1v) is 7.57. The predicted octanol–water partition coefficient (Wildman–Crippen LogP) is 3.83. The molecule has 1 atom stereocenters. The van der Waals surface area contributed by atoms with Crippen LogP contribution in [0.4, 0.5) is 0 Å². The lowest BCUT2D eigenvalue weighted by molar-refractivity contribution is 0.231. The molecule has 0 N–H and O–H groups in total. The van der Waals surface area contributed by atoms with Gasteiger partial charge in [0.05, 0.1) is 12.7 Å². The highest BCUT2D eigenvalue weighted by atomic mass is 16.5. The Balaban J connectivity index is 1.74. The Morgan fingerprint density at radius 2 is 1.65 bits per heavy atom. The molecule has 0 aliphatic carbocycles.